The van der Waals surface area contributed by atoms with Gasteiger partial charge in [0.1, 0.15) is 0 Å². The Bertz CT molecular complexity index is 545. The molecule has 0 aromatic heterocycles. The zero-order valence-electron chi connectivity index (χ0n) is 11.8. The van der Waals surface area contributed by atoms with Gasteiger partial charge in [0.15, 0.2) is 0 Å². The van der Waals surface area contributed by atoms with E-state index in [0.717, 1.165) is 25.7 Å². The van der Waals surface area contributed by atoms with Crippen molar-refractivity contribution < 1.29 is 0 Å². The molecule has 1 heteroatoms. The summed E-state index contributed by atoms with van der Waals surface area (Å²) >= 11 is 0. The molecule has 98 valence electrons. The number of fused-ring (bicyclic) bond motifs is 2. The lowest BCUT2D eigenvalue weighted by atomic mass is 10.0. The van der Waals surface area contributed by atoms with E-state index < -0.39 is 0 Å². The SMILES string of the molecule is CCc1ccc2c(c1)CCc1cc(CC)ccc1N2. The number of aryl methyl sites for hydroxylation is 4. The fourth-order valence-corrected chi connectivity index (χ4v) is 2.81. The molecule has 0 atom stereocenters. The van der Waals surface area contributed by atoms with Crippen LogP contribution in [0.2, 0.25) is 0 Å². The average Bonchev–Trinajstić information content (AvgIpc) is 2.64. The molecule has 3 rings (SSSR count). The summed E-state index contributed by atoms with van der Waals surface area (Å²) in [5.74, 6) is 0. The van der Waals surface area contributed by atoms with E-state index in [1.807, 2.05) is 0 Å². The van der Waals surface area contributed by atoms with E-state index in [1.165, 1.54) is 33.6 Å². The molecule has 0 bridgehead atoms. The van der Waals surface area contributed by atoms with Crippen LogP contribution >= 0.6 is 0 Å². The van der Waals surface area contributed by atoms with Crippen LogP contribution in [-0.2, 0) is 25.7 Å². The van der Waals surface area contributed by atoms with Crippen molar-refractivity contribution in [3.05, 3.63) is 58.7 Å². The van der Waals surface area contributed by atoms with Crippen molar-refractivity contribution in [1.29, 1.82) is 0 Å². The number of hydrogen-bond acceptors (Lipinski definition) is 1. The Morgan fingerprint density at radius 3 is 1.68 bits per heavy atom. The lowest BCUT2D eigenvalue weighted by molar-refractivity contribution is 0.964. The van der Waals surface area contributed by atoms with E-state index in [9.17, 15) is 0 Å². The van der Waals surface area contributed by atoms with Gasteiger partial charge in [-0.1, -0.05) is 38.1 Å². The van der Waals surface area contributed by atoms with Gasteiger partial charge in [0, 0.05) is 11.4 Å². The summed E-state index contributed by atoms with van der Waals surface area (Å²) in [6.45, 7) is 4.43. The quantitative estimate of drug-likeness (QED) is 0.819. The second-order valence-corrected chi connectivity index (χ2v) is 5.32. The zero-order chi connectivity index (χ0) is 13.2. The van der Waals surface area contributed by atoms with Crippen LogP contribution in [0.4, 0.5) is 11.4 Å². The average molecular weight is 251 g/mol. The molecular formula is C18H21N. The van der Waals surface area contributed by atoms with E-state index in [2.05, 4.69) is 55.6 Å². The smallest absolute Gasteiger partial charge is 0.0417 e. The minimum Gasteiger partial charge on any atom is -0.355 e. The van der Waals surface area contributed by atoms with Gasteiger partial charge in [-0.15, -0.1) is 0 Å². The van der Waals surface area contributed by atoms with Gasteiger partial charge in [-0.3, -0.25) is 0 Å². The van der Waals surface area contributed by atoms with Crippen LogP contribution in [0.5, 0.6) is 0 Å². The lowest BCUT2D eigenvalue weighted by Gasteiger charge is -2.11. The Morgan fingerprint density at radius 1 is 0.789 bits per heavy atom. The fourth-order valence-electron chi connectivity index (χ4n) is 2.81. The molecule has 0 amide bonds. The second kappa shape index (κ2) is 5.08. The minimum absolute atomic E-state index is 1.11. The first-order valence-electron chi connectivity index (χ1n) is 7.30. The maximum atomic E-state index is 3.61. The third kappa shape index (κ3) is 2.37. The summed E-state index contributed by atoms with van der Waals surface area (Å²) in [7, 11) is 0. The standard InChI is InChI=1S/C18H21N/c1-3-13-5-9-17-15(11-13)7-8-16-12-14(4-2)6-10-18(16)19-17/h5-6,9-12,19H,3-4,7-8H2,1-2H3. The maximum absolute atomic E-state index is 3.61. The topological polar surface area (TPSA) is 12.0 Å². The van der Waals surface area contributed by atoms with Gasteiger partial charge in [0.05, 0.1) is 0 Å². The third-order valence-electron chi connectivity index (χ3n) is 4.09. The first-order chi connectivity index (χ1) is 9.30. The molecule has 19 heavy (non-hydrogen) atoms. The Hall–Kier alpha value is -1.76. The molecule has 1 heterocycles. The van der Waals surface area contributed by atoms with Crippen molar-refractivity contribution in [2.24, 2.45) is 0 Å². The van der Waals surface area contributed by atoms with Gasteiger partial charge < -0.3 is 5.32 Å². The van der Waals surface area contributed by atoms with Crippen LogP contribution in [0, 0.1) is 0 Å². The Kier molecular flexibility index (Phi) is 3.29. The molecule has 1 N–H and O–H groups in total. The highest BCUT2D eigenvalue weighted by Crippen LogP contribution is 2.31. The normalized spacial score (nSPS) is 13.2. The van der Waals surface area contributed by atoms with Gasteiger partial charge in [-0.05, 0) is 60.1 Å². The van der Waals surface area contributed by atoms with Gasteiger partial charge in [-0.2, -0.15) is 0 Å². The molecular weight excluding hydrogens is 230 g/mol. The van der Waals surface area contributed by atoms with E-state index >= 15 is 0 Å². The van der Waals surface area contributed by atoms with Crippen molar-refractivity contribution in [2.75, 3.05) is 5.32 Å². The van der Waals surface area contributed by atoms with Gasteiger partial charge >= 0.3 is 0 Å². The largest absolute Gasteiger partial charge is 0.355 e. The number of anilines is 2. The van der Waals surface area contributed by atoms with Crippen molar-refractivity contribution in [1.82, 2.24) is 0 Å². The maximum Gasteiger partial charge on any atom is 0.0417 e. The van der Waals surface area contributed by atoms with Gasteiger partial charge in [-0.25, -0.2) is 0 Å². The summed E-state index contributed by atoms with van der Waals surface area (Å²) in [5.41, 5.74) is 8.32. The molecule has 1 nitrogen and oxygen atoms in total. The van der Waals surface area contributed by atoms with Crippen molar-refractivity contribution in [3.8, 4) is 0 Å². The third-order valence-corrected chi connectivity index (χ3v) is 4.09. The molecule has 0 saturated carbocycles. The van der Waals surface area contributed by atoms with Crippen LogP contribution in [0.1, 0.15) is 36.1 Å². The number of hydrogen-bond donors (Lipinski definition) is 1. The van der Waals surface area contributed by atoms with E-state index in [0.29, 0.717) is 0 Å². The molecule has 0 radical (unpaired) electrons. The van der Waals surface area contributed by atoms with Gasteiger partial charge in [0.25, 0.3) is 0 Å². The molecule has 2 aromatic rings. The second-order valence-electron chi connectivity index (χ2n) is 5.32. The summed E-state index contributed by atoms with van der Waals surface area (Å²) in [4.78, 5) is 0. The van der Waals surface area contributed by atoms with Crippen molar-refractivity contribution in [2.45, 2.75) is 39.5 Å². The fraction of sp³-hybridized carbons (Fsp3) is 0.333. The van der Waals surface area contributed by atoms with Crippen molar-refractivity contribution >= 4 is 11.4 Å². The summed E-state index contributed by atoms with van der Waals surface area (Å²) in [5, 5.41) is 3.61. The van der Waals surface area contributed by atoms with E-state index in [1.54, 1.807) is 0 Å². The van der Waals surface area contributed by atoms with Crippen LogP contribution in [0.25, 0.3) is 0 Å². The Balaban J connectivity index is 1.99. The highest BCUT2D eigenvalue weighted by Gasteiger charge is 2.13. The predicted molar refractivity (Wildman–Crippen MR) is 82.3 cm³/mol. The Labute approximate surface area is 115 Å². The van der Waals surface area contributed by atoms with Crippen LogP contribution in [-0.4, -0.2) is 0 Å². The molecule has 0 spiro atoms. The first kappa shape index (κ1) is 12.3. The zero-order valence-corrected chi connectivity index (χ0v) is 11.8. The molecule has 0 fully saturated rings. The molecule has 2 aromatic carbocycles. The molecule has 0 saturated heterocycles. The Morgan fingerprint density at radius 2 is 1.26 bits per heavy atom. The monoisotopic (exact) mass is 251 g/mol. The highest BCUT2D eigenvalue weighted by atomic mass is 14.9. The lowest BCUT2D eigenvalue weighted by Crippen LogP contribution is -1.95. The predicted octanol–water partition coefficient (Wildman–Crippen LogP) is 4.65. The first-order valence-corrected chi connectivity index (χ1v) is 7.30. The number of rotatable bonds is 2. The summed E-state index contributed by atoms with van der Waals surface area (Å²) in [6, 6.07) is 13.6. The van der Waals surface area contributed by atoms with Crippen molar-refractivity contribution in [3.63, 3.8) is 0 Å². The molecule has 0 unspecified atom stereocenters. The molecule has 0 aliphatic carbocycles. The summed E-state index contributed by atoms with van der Waals surface area (Å²) < 4.78 is 0. The van der Waals surface area contributed by atoms with Crippen LogP contribution in [0.15, 0.2) is 36.4 Å². The minimum atomic E-state index is 1.11. The van der Waals surface area contributed by atoms with Crippen LogP contribution < -0.4 is 5.32 Å². The van der Waals surface area contributed by atoms with E-state index in [4.69, 9.17) is 0 Å². The van der Waals surface area contributed by atoms with E-state index in [-0.39, 0.29) is 0 Å². The van der Waals surface area contributed by atoms with Gasteiger partial charge in [0.2, 0.25) is 0 Å². The van der Waals surface area contributed by atoms with Crippen LogP contribution in [0.3, 0.4) is 0 Å². The summed E-state index contributed by atoms with van der Waals surface area (Å²) in [6.07, 6.45) is 4.49. The number of benzene rings is 2. The molecule has 1 aliphatic rings. The highest BCUT2D eigenvalue weighted by molar-refractivity contribution is 5.69. The molecule has 1 aliphatic heterocycles. The number of nitrogens with one attached hydrogen (secondary N) is 1.